The summed E-state index contributed by atoms with van der Waals surface area (Å²) < 4.78 is 0.950. The third-order valence-corrected chi connectivity index (χ3v) is 4.13. The Bertz CT molecular complexity index is 397. The molecule has 2 rings (SSSR count). The van der Waals surface area contributed by atoms with Crippen LogP contribution in [0.5, 0.6) is 0 Å². The van der Waals surface area contributed by atoms with Crippen LogP contribution in [-0.4, -0.2) is 10.8 Å². The zero-order valence-electron chi connectivity index (χ0n) is 10.7. The molecule has 1 aliphatic carbocycles. The average Bonchev–Trinajstić information content (AvgIpc) is 2.28. The van der Waals surface area contributed by atoms with Gasteiger partial charge >= 0.3 is 0 Å². The van der Waals surface area contributed by atoms with E-state index in [1.165, 1.54) is 32.1 Å². The Kier molecular flexibility index (Phi) is 5.36. The number of pyridine rings is 1. The number of ketones is 1. The Labute approximate surface area is 117 Å². The van der Waals surface area contributed by atoms with Gasteiger partial charge in [0.2, 0.25) is 0 Å². The molecule has 1 heterocycles. The highest BCUT2D eigenvalue weighted by Gasteiger charge is 2.19. The minimum atomic E-state index is 0.282. The van der Waals surface area contributed by atoms with Gasteiger partial charge in [-0.15, -0.1) is 0 Å². The second-order valence-electron chi connectivity index (χ2n) is 5.20. The third kappa shape index (κ3) is 4.20. The fraction of sp³-hybridized carbons (Fsp3) is 0.600. The van der Waals surface area contributed by atoms with Gasteiger partial charge in [-0.05, 0) is 40.4 Å². The lowest BCUT2D eigenvalue weighted by atomic mass is 9.86. The quantitative estimate of drug-likeness (QED) is 0.832. The number of nitrogens with zero attached hydrogens (tertiary/aromatic N) is 1. The van der Waals surface area contributed by atoms with Crippen molar-refractivity contribution in [3.05, 3.63) is 28.5 Å². The van der Waals surface area contributed by atoms with Crippen molar-refractivity contribution < 1.29 is 4.79 Å². The highest BCUT2D eigenvalue weighted by molar-refractivity contribution is 9.10. The van der Waals surface area contributed by atoms with Crippen LogP contribution >= 0.6 is 15.9 Å². The van der Waals surface area contributed by atoms with Crippen LogP contribution in [0.25, 0.3) is 0 Å². The zero-order valence-corrected chi connectivity index (χ0v) is 12.3. The minimum Gasteiger partial charge on any atom is -0.299 e. The molecule has 0 aromatic carbocycles. The van der Waals surface area contributed by atoms with Crippen LogP contribution < -0.4 is 0 Å². The highest BCUT2D eigenvalue weighted by Crippen LogP contribution is 2.24. The second-order valence-corrected chi connectivity index (χ2v) is 6.11. The molecule has 1 aromatic heterocycles. The number of Topliss-reactive ketones (excluding diaryl/α,β-unsaturated/α-hetero) is 1. The van der Waals surface area contributed by atoms with Crippen molar-refractivity contribution in [3.63, 3.8) is 0 Å². The van der Waals surface area contributed by atoms with Gasteiger partial charge in [0.1, 0.15) is 5.78 Å². The molecule has 1 aromatic rings. The molecule has 0 atom stereocenters. The fourth-order valence-corrected chi connectivity index (χ4v) is 3.09. The number of carbonyl (C=O) groups excluding carboxylic acids is 1. The molecule has 3 heteroatoms. The molecule has 98 valence electrons. The van der Waals surface area contributed by atoms with Crippen LogP contribution in [0, 0.1) is 5.92 Å². The summed E-state index contributed by atoms with van der Waals surface area (Å²) in [6.45, 7) is 0. The number of aromatic nitrogens is 1. The van der Waals surface area contributed by atoms with Gasteiger partial charge in [0.15, 0.2) is 0 Å². The van der Waals surface area contributed by atoms with E-state index in [4.69, 9.17) is 0 Å². The molecule has 18 heavy (non-hydrogen) atoms. The van der Waals surface area contributed by atoms with E-state index in [-0.39, 0.29) is 5.92 Å². The van der Waals surface area contributed by atoms with E-state index in [1.807, 2.05) is 6.07 Å². The van der Waals surface area contributed by atoms with E-state index in [1.54, 1.807) is 12.4 Å². The van der Waals surface area contributed by atoms with Gasteiger partial charge in [-0.2, -0.15) is 0 Å². The topological polar surface area (TPSA) is 30.0 Å². The molecular formula is C15H20BrNO. The number of hydrogen-bond donors (Lipinski definition) is 0. The predicted molar refractivity (Wildman–Crippen MR) is 76.5 cm³/mol. The summed E-state index contributed by atoms with van der Waals surface area (Å²) in [5.74, 6) is 0.682. The van der Waals surface area contributed by atoms with Gasteiger partial charge in [0.25, 0.3) is 0 Å². The summed E-state index contributed by atoms with van der Waals surface area (Å²) in [6.07, 6.45) is 12.6. The molecule has 2 nitrogen and oxygen atoms in total. The van der Waals surface area contributed by atoms with Crippen LogP contribution in [0.2, 0.25) is 0 Å². The van der Waals surface area contributed by atoms with E-state index in [0.29, 0.717) is 12.2 Å². The van der Waals surface area contributed by atoms with Crippen LogP contribution in [0.1, 0.15) is 50.5 Å². The van der Waals surface area contributed by atoms with Gasteiger partial charge in [0, 0.05) is 29.2 Å². The van der Waals surface area contributed by atoms with Crippen LogP contribution in [-0.2, 0) is 11.2 Å². The summed E-state index contributed by atoms with van der Waals surface area (Å²) in [6, 6.07) is 1.99. The third-order valence-electron chi connectivity index (χ3n) is 3.70. The Morgan fingerprint density at radius 3 is 2.50 bits per heavy atom. The largest absolute Gasteiger partial charge is 0.299 e. The molecule has 0 saturated heterocycles. The van der Waals surface area contributed by atoms with Crippen molar-refractivity contribution >= 4 is 21.7 Å². The molecule has 0 spiro atoms. The van der Waals surface area contributed by atoms with E-state index in [2.05, 4.69) is 20.9 Å². The molecule has 0 aliphatic heterocycles. The summed E-state index contributed by atoms with van der Waals surface area (Å²) in [7, 11) is 0. The van der Waals surface area contributed by atoms with Gasteiger partial charge < -0.3 is 0 Å². The smallest absolute Gasteiger partial charge is 0.140 e. The first-order chi connectivity index (χ1) is 8.75. The maximum Gasteiger partial charge on any atom is 0.140 e. The standard InChI is InChI=1S/C15H20BrNO/c16-14-8-12(10-17-11-14)9-15(18)13-6-4-2-1-3-5-7-13/h8,10-11,13H,1-7,9H2. The van der Waals surface area contributed by atoms with Crippen molar-refractivity contribution in [3.8, 4) is 0 Å². The molecule has 1 saturated carbocycles. The maximum absolute atomic E-state index is 12.3. The predicted octanol–water partition coefficient (Wildman–Crippen LogP) is 4.32. The SMILES string of the molecule is O=C(Cc1cncc(Br)c1)C1CCCCCCC1. The van der Waals surface area contributed by atoms with Gasteiger partial charge in [-0.25, -0.2) is 0 Å². The normalized spacial score (nSPS) is 18.1. The Morgan fingerprint density at radius 1 is 1.17 bits per heavy atom. The van der Waals surface area contributed by atoms with E-state index in [9.17, 15) is 4.79 Å². The maximum atomic E-state index is 12.3. The lowest BCUT2D eigenvalue weighted by Gasteiger charge is -2.18. The van der Waals surface area contributed by atoms with Gasteiger partial charge in [-0.3, -0.25) is 9.78 Å². The van der Waals surface area contributed by atoms with Crippen molar-refractivity contribution in [1.29, 1.82) is 0 Å². The molecule has 0 radical (unpaired) electrons. The highest BCUT2D eigenvalue weighted by atomic mass is 79.9. The van der Waals surface area contributed by atoms with Crippen molar-refractivity contribution in [2.24, 2.45) is 5.92 Å². The summed E-state index contributed by atoms with van der Waals surface area (Å²) in [5, 5.41) is 0. The molecule has 0 unspecified atom stereocenters. The van der Waals surface area contributed by atoms with E-state index >= 15 is 0 Å². The van der Waals surface area contributed by atoms with Gasteiger partial charge in [-0.1, -0.05) is 32.1 Å². The molecule has 0 N–H and O–H groups in total. The van der Waals surface area contributed by atoms with Crippen LogP contribution in [0.3, 0.4) is 0 Å². The Hall–Kier alpha value is -0.700. The lowest BCUT2D eigenvalue weighted by Crippen LogP contribution is -2.18. The number of carbonyl (C=O) groups is 1. The number of rotatable bonds is 3. The Morgan fingerprint density at radius 2 is 1.83 bits per heavy atom. The van der Waals surface area contributed by atoms with Crippen LogP contribution in [0.4, 0.5) is 0 Å². The minimum absolute atomic E-state index is 0.282. The second kappa shape index (κ2) is 7.03. The zero-order chi connectivity index (χ0) is 12.8. The lowest BCUT2D eigenvalue weighted by molar-refractivity contribution is -0.122. The summed E-state index contributed by atoms with van der Waals surface area (Å²) >= 11 is 3.40. The van der Waals surface area contributed by atoms with Gasteiger partial charge in [0.05, 0.1) is 0 Å². The molecular weight excluding hydrogens is 290 g/mol. The summed E-state index contributed by atoms with van der Waals surface area (Å²) in [5.41, 5.74) is 1.02. The van der Waals surface area contributed by atoms with Crippen molar-refractivity contribution in [2.75, 3.05) is 0 Å². The molecule has 0 bridgehead atoms. The Balaban J connectivity index is 1.93. The first-order valence-corrected chi connectivity index (χ1v) is 7.67. The summed E-state index contributed by atoms with van der Waals surface area (Å²) in [4.78, 5) is 16.4. The average molecular weight is 310 g/mol. The number of hydrogen-bond acceptors (Lipinski definition) is 2. The fourth-order valence-electron chi connectivity index (χ4n) is 2.68. The first kappa shape index (κ1) is 13.7. The molecule has 1 fully saturated rings. The van der Waals surface area contributed by atoms with Crippen molar-refractivity contribution in [2.45, 2.75) is 51.4 Å². The van der Waals surface area contributed by atoms with Crippen molar-refractivity contribution in [1.82, 2.24) is 4.98 Å². The molecule has 0 amide bonds. The first-order valence-electron chi connectivity index (χ1n) is 6.88. The van der Waals surface area contributed by atoms with E-state index < -0.39 is 0 Å². The molecule has 1 aliphatic rings. The van der Waals surface area contributed by atoms with E-state index in [0.717, 1.165) is 22.9 Å². The number of halogens is 1. The monoisotopic (exact) mass is 309 g/mol. The van der Waals surface area contributed by atoms with Crippen LogP contribution in [0.15, 0.2) is 22.9 Å².